The highest BCUT2D eigenvalue weighted by Crippen LogP contribution is 2.57. The van der Waals surface area contributed by atoms with Gasteiger partial charge < -0.3 is 9.80 Å². The Morgan fingerprint density at radius 2 is 0.515 bits per heavy atom. The first-order valence-corrected chi connectivity index (χ1v) is 23.7. The zero-order chi connectivity index (χ0) is 46.1. The lowest BCUT2D eigenvalue weighted by Gasteiger charge is -2.28. The fraction of sp³-hybridized carbons (Fsp3) is 0.219. The molecule has 9 aromatic rings. The Morgan fingerprint density at radius 1 is 0.242 bits per heavy atom. The minimum atomic E-state index is -0.166. The van der Waals surface area contributed by atoms with Gasteiger partial charge in [-0.25, -0.2) is 0 Å². The fourth-order valence-electron chi connectivity index (χ4n) is 11.9. The zero-order valence-electron chi connectivity index (χ0n) is 40.8. The van der Waals surface area contributed by atoms with Gasteiger partial charge in [0.2, 0.25) is 0 Å². The molecular weight excluding hydrogens is 797 g/mol. The quantitative estimate of drug-likeness (QED) is 0.164. The molecule has 0 radical (unpaired) electrons. The van der Waals surface area contributed by atoms with Gasteiger partial charge in [0.25, 0.3) is 0 Å². The van der Waals surface area contributed by atoms with Crippen molar-refractivity contribution >= 4 is 55.7 Å². The van der Waals surface area contributed by atoms with Crippen molar-refractivity contribution in [1.29, 1.82) is 0 Å². The second kappa shape index (κ2) is 14.8. The molecule has 0 heterocycles. The van der Waals surface area contributed by atoms with Crippen LogP contribution in [0.5, 0.6) is 0 Å². The van der Waals surface area contributed by atoms with Crippen LogP contribution >= 0.6 is 0 Å². The van der Waals surface area contributed by atoms with Gasteiger partial charge in [-0.1, -0.05) is 70.2 Å². The molecule has 0 N–H and O–H groups in total. The van der Waals surface area contributed by atoms with Gasteiger partial charge in [-0.15, -0.1) is 0 Å². The fourth-order valence-corrected chi connectivity index (χ4v) is 11.9. The van der Waals surface area contributed by atoms with Gasteiger partial charge in [0.1, 0.15) is 0 Å². The Hall–Kier alpha value is -6.90. The van der Waals surface area contributed by atoms with Crippen molar-refractivity contribution in [1.82, 2.24) is 0 Å². The highest BCUT2D eigenvalue weighted by molar-refractivity contribution is 6.01. The number of hydrogen-bond acceptors (Lipinski definition) is 2. The molecule has 0 fully saturated rings. The number of anilines is 6. The molecule has 2 nitrogen and oxygen atoms in total. The summed E-state index contributed by atoms with van der Waals surface area (Å²) in [5.41, 5.74) is 28.0. The monoisotopic (exact) mass is 856 g/mol. The second-order valence-electron chi connectivity index (χ2n) is 21.1. The summed E-state index contributed by atoms with van der Waals surface area (Å²) in [7, 11) is 0. The van der Waals surface area contributed by atoms with E-state index in [9.17, 15) is 0 Å². The third kappa shape index (κ3) is 6.76. The van der Waals surface area contributed by atoms with Gasteiger partial charge >= 0.3 is 0 Å². The van der Waals surface area contributed by atoms with E-state index in [1.807, 2.05) is 0 Å². The molecule has 0 saturated heterocycles. The van der Waals surface area contributed by atoms with E-state index in [1.54, 1.807) is 0 Å². The van der Waals surface area contributed by atoms with Crippen LogP contribution in [-0.4, -0.2) is 0 Å². The number of fused-ring (bicyclic) bond motifs is 8. The Morgan fingerprint density at radius 3 is 0.818 bits per heavy atom. The lowest BCUT2D eigenvalue weighted by molar-refractivity contribution is 0.640. The van der Waals surface area contributed by atoms with Gasteiger partial charge in [0, 0.05) is 45.0 Å². The highest BCUT2D eigenvalue weighted by Gasteiger charge is 2.42. The molecule has 2 aliphatic carbocycles. The summed E-state index contributed by atoms with van der Waals surface area (Å²) < 4.78 is 0. The van der Waals surface area contributed by atoms with Crippen molar-refractivity contribution in [2.24, 2.45) is 0 Å². The Kier molecular flexibility index (Phi) is 9.37. The summed E-state index contributed by atoms with van der Waals surface area (Å²) >= 11 is 0. The first kappa shape index (κ1) is 41.8. The van der Waals surface area contributed by atoms with Crippen LogP contribution in [0.1, 0.15) is 94.5 Å². The van der Waals surface area contributed by atoms with E-state index >= 15 is 0 Å². The molecular formula is C64H60N2. The third-order valence-electron chi connectivity index (χ3n) is 14.7. The zero-order valence-corrected chi connectivity index (χ0v) is 40.8. The molecule has 11 rings (SSSR count). The second-order valence-corrected chi connectivity index (χ2v) is 21.1. The van der Waals surface area contributed by atoms with Gasteiger partial charge in [0.05, 0.1) is 0 Å². The lowest BCUT2D eigenvalue weighted by Crippen LogP contribution is -2.19. The summed E-state index contributed by atoms with van der Waals surface area (Å²) in [6.07, 6.45) is 0. The maximum atomic E-state index is 2.57. The molecule has 0 saturated carbocycles. The average molecular weight is 857 g/mol. The van der Waals surface area contributed by atoms with Crippen molar-refractivity contribution in [3.63, 3.8) is 0 Å². The molecule has 0 unspecified atom stereocenters. The molecule has 66 heavy (non-hydrogen) atoms. The molecule has 0 aliphatic heterocycles. The summed E-state index contributed by atoms with van der Waals surface area (Å²) in [5.74, 6) is 0. The maximum absolute atomic E-state index is 2.57. The van der Waals surface area contributed by atoms with Crippen LogP contribution in [0.3, 0.4) is 0 Å². The minimum absolute atomic E-state index is 0.166. The van der Waals surface area contributed by atoms with Crippen LogP contribution in [0.2, 0.25) is 0 Å². The predicted molar refractivity (Wildman–Crippen MR) is 284 cm³/mol. The van der Waals surface area contributed by atoms with E-state index < -0.39 is 0 Å². The van der Waals surface area contributed by atoms with E-state index in [0.29, 0.717) is 0 Å². The predicted octanol–water partition coefficient (Wildman–Crippen LogP) is 18.0. The molecule has 0 amide bonds. The standard InChI is InChI=1S/C64H60N2/c1-37-17-38(2)22-51(21-37)65(52-23-39(3)18-40(4)24-52)49-15-13-45-31-55-57-35-58-56-32-46-14-16-50(66(53-25-41(5)19-42(6)26-53)54-27-43(7)20-44(8)28-54)30-48(46)34-60(56)64(11,12)62(58)36-61(57)63(9,10)59(55)33-47(45)29-49/h13-36H,1-12H3. The van der Waals surface area contributed by atoms with Crippen molar-refractivity contribution in [2.75, 3.05) is 9.80 Å². The molecule has 9 aromatic carbocycles. The summed E-state index contributed by atoms with van der Waals surface area (Å²) in [5, 5.41) is 5.06. The van der Waals surface area contributed by atoms with Gasteiger partial charge in [-0.2, -0.15) is 0 Å². The Bertz CT molecular complexity index is 3110. The smallest absolute Gasteiger partial charge is 0.0468 e. The summed E-state index contributed by atoms with van der Waals surface area (Å²) in [6.45, 7) is 27.3. The summed E-state index contributed by atoms with van der Waals surface area (Å²) in [6, 6.07) is 56.6. The number of rotatable bonds is 6. The van der Waals surface area contributed by atoms with Crippen molar-refractivity contribution in [3.8, 4) is 22.3 Å². The van der Waals surface area contributed by atoms with Gasteiger partial charge in [-0.05, 0) is 269 Å². The van der Waals surface area contributed by atoms with Crippen LogP contribution in [0, 0.1) is 55.4 Å². The number of benzene rings is 9. The van der Waals surface area contributed by atoms with E-state index in [0.717, 1.165) is 0 Å². The molecule has 0 atom stereocenters. The van der Waals surface area contributed by atoms with Crippen molar-refractivity contribution in [3.05, 3.63) is 212 Å². The SMILES string of the molecule is Cc1cc(C)cc(N(c2cc(C)cc(C)c2)c2ccc3cc4c(cc3c2)C(C)(C)c2cc3c(cc2-4)-c2cc4ccc(N(c5cc(C)cc(C)c5)c5cc(C)cc(C)c5)cc4cc2C3(C)C)c1. The van der Waals surface area contributed by atoms with E-state index in [2.05, 4.69) is 238 Å². The van der Waals surface area contributed by atoms with Crippen molar-refractivity contribution in [2.45, 2.75) is 93.9 Å². The normalized spacial score (nSPS) is 14.0. The van der Waals surface area contributed by atoms with Crippen molar-refractivity contribution < 1.29 is 0 Å². The van der Waals surface area contributed by atoms with E-state index in [1.165, 1.54) is 145 Å². The first-order chi connectivity index (χ1) is 31.4. The van der Waals surface area contributed by atoms with Crippen LogP contribution in [-0.2, 0) is 10.8 Å². The van der Waals surface area contributed by atoms with Crippen LogP contribution < -0.4 is 9.80 Å². The van der Waals surface area contributed by atoms with Crippen LogP contribution in [0.15, 0.2) is 146 Å². The van der Waals surface area contributed by atoms with E-state index in [-0.39, 0.29) is 10.8 Å². The topological polar surface area (TPSA) is 6.48 Å². The Labute approximate surface area is 392 Å². The third-order valence-corrected chi connectivity index (χ3v) is 14.7. The van der Waals surface area contributed by atoms with Gasteiger partial charge in [0.15, 0.2) is 0 Å². The minimum Gasteiger partial charge on any atom is -0.310 e. The molecule has 2 heteroatoms. The lowest BCUT2D eigenvalue weighted by atomic mass is 9.77. The summed E-state index contributed by atoms with van der Waals surface area (Å²) in [4.78, 5) is 4.88. The largest absolute Gasteiger partial charge is 0.310 e. The molecule has 326 valence electrons. The number of nitrogens with zero attached hydrogens (tertiary/aromatic N) is 2. The molecule has 0 bridgehead atoms. The highest BCUT2D eigenvalue weighted by atomic mass is 15.1. The molecule has 0 spiro atoms. The maximum Gasteiger partial charge on any atom is 0.0468 e. The molecule has 2 aliphatic rings. The average Bonchev–Trinajstić information content (AvgIpc) is 3.58. The van der Waals surface area contributed by atoms with Crippen LogP contribution in [0.25, 0.3) is 43.8 Å². The van der Waals surface area contributed by atoms with Crippen LogP contribution in [0.4, 0.5) is 34.1 Å². The number of hydrogen-bond donors (Lipinski definition) is 0. The van der Waals surface area contributed by atoms with E-state index in [4.69, 9.17) is 0 Å². The first-order valence-electron chi connectivity index (χ1n) is 23.7. The molecule has 0 aromatic heterocycles. The Balaban J connectivity index is 1.02. The number of aryl methyl sites for hydroxylation is 8. The van der Waals surface area contributed by atoms with Gasteiger partial charge in [-0.3, -0.25) is 0 Å².